The van der Waals surface area contributed by atoms with Gasteiger partial charge in [-0.05, 0) is 76.2 Å². The van der Waals surface area contributed by atoms with Crippen molar-refractivity contribution in [1.29, 1.82) is 0 Å². The van der Waals surface area contributed by atoms with Crippen molar-refractivity contribution in [2.45, 2.75) is 77.0 Å². The van der Waals surface area contributed by atoms with Gasteiger partial charge in [-0.1, -0.05) is 113 Å². The number of aryl methyl sites for hydroxylation is 1. The van der Waals surface area contributed by atoms with Crippen LogP contribution in [0.1, 0.15) is 93.0 Å². The molecular formula is C36H48N2. The van der Waals surface area contributed by atoms with Gasteiger partial charge in [0.1, 0.15) is 0 Å². The Morgan fingerprint density at radius 1 is 0.789 bits per heavy atom. The molecule has 202 valence electrons. The fourth-order valence-corrected chi connectivity index (χ4v) is 7.81. The summed E-state index contributed by atoms with van der Waals surface area (Å²) in [5, 5.41) is 7.65. The molecule has 1 fully saturated rings. The van der Waals surface area contributed by atoms with E-state index in [0.29, 0.717) is 22.7 Å². The van der Waals surface area contributed by atoms with Crippen molar-refractivity contribution in [3.05, 3.63) is 107 Å². The summed E-state index contributed by atoms with van der Waals surface area (Å²) < 4.78 is 0. The van der Waals surface area contributed by atoms with E-state index < -0.39 is 0 Å². The first-order valence-electron chi connectivity index (χ1n) is 15.1. The second-order valence-corrected chi connectivity index (χ2v) is 12.8. The Morgan fingerprint density at radius 2 is 1.45 bits per heavy atom. The molecule has 38 heavy (non-hydrogen) atoms. The average molecular weight is 509 g/mol. The molecule has 2 aliphatic carbocycles. The third kappa shape index (κ3) is 5.63. The lowest BCUT2D eigenvalue weighted by Gasteiger charge is -2.55. The van der Waals surface area contributed by atoms with Crippen LogP contribution in [0.5, 0.6) is 0 Å². The van der Waals surface area contributed by atoms with Gasteiger partial charge in [-0.3, -0.25) is 0 Å². The first-order valence-corrected chi connectivity index (χ1v) is 15.1. The van der Waals surface area contributed by atoms with Crippen molar-refractivity contribution in [3.63, 3.8) is 0 Å². The second kappa shape index (κ2) is 11.8. The zero-order valence-electron chi connectivity index (χ0n) is 24.1. The molecule has 3 aromatic rings. The van der Waals surface area contributed by atoms with Crippen LogP contribution in [-0.2, 0) is 11.8 Å². The fourth-order valence-electron chi connectivity index (χ4n) is 7.81. The molecule has 2 heteroatoms. The first-order chi connectivity index (χ1) is 18.4. The van der Waals surface area contributed by atoms with Crippen molar-refractivity contribution >= 4 is 0 Å². The van der Waals surface area contributed by atoms with E-state index in [9.17, 15) is 0 Å². The van der Waals surface area contributed by atoms with Crippen LogP contribution >= 0.6 is 0 Å². The van der Waals surface area contributed by atoms with Gasteiger partial charge in [-0.2, -0.15) is 0 Å². The van der Waals surface area contributed by atoms with Gasteiger partial charge in [0.2, 0.25) is 0 Å². The Balaban J connectivity index is 1.17. The van der Waals surface area contributed by atoms with E-state index in [1.807, 2.05) is 0 Å². The third-order valence-electron chi connectivity index (χ3n) is 9.93. The minimum absolute atomic E-state index is 0.314. The smallest absolute Gasteiger partial charge is 0.0214 e. The van der Waals surface area contributed by atoms with Gasteiger partial charge in [0.25, 0.3) is 0 Å². The predicted molar refractivity (Wildman–Crippen MR) is 162 cm³/mol. The molecule has 5 rings (SSSR count). The number of rotatable bonds is 10. The Bertz CT molecular complexity index is 1130. The third-order valence-corrected chi connectivity index (χ3v) is 9.93. The van der Waals surface area contributed by atoms with E-state index in [1.54, 1.807) is 11.1 Å². The highest BCUT2D eigenvalue weighted by atomic mass is 15.0. The maximum absolute atomic E-state index is 3.88. The molecule has 0 heterocycles. The number of benzene rings is 3. The minimum Gasteiger partial charge on any atom is -0.315 e. The highest BCUT2D eigenvalue weighted by molar-refractivity contribution is 5.42. The van der Waals surface area contributed by atoms with Gasteiger partial charge in [-0.15, -0.1) is 0 Å². The van der Waals surface area contributed by atoms with Gasteiger partial charge < -0.3 is 10.6 Å². The molecule has 1 saturated carbocycles. The molecule has 0 unspecified atom stereocenters. The van der Waals surface area contributed by atoms with E-state index in [1.165, 1.54) is 48.8 Å². The number of hydrogen-bond acceptors (Lipinski definition) is 2. The standard InChI is InChI=1S/C36H48N2/c1-27(2)30-16-18-33-31(24-30)17-19-34-35(3,20-11-21-36(33,34)4)26-38-23-22-37-25-32(28-12-7-5-8-13-28)29-14-9-6-10-15-29/h5-10,12-16,18,24,27,32,34,37-38H,11,17,19-23,25-26H2,1-4H3/t34-,35-,36+/m0/s1. The number of nitrogens with one attached hydrogen (secondary N) is 2. The molecule has 0 spiro atoms. The summed E-state index contributed by atoms with van der Waals surface area (Å²) in [5.41, 5.74) is 8.21. The van der Waals surface area contributed by atoms with Gasteiger partial charge in [0.05, 0.1) is 0 Å². The lowest BCUT2D eigenvalue weighted by Crippen LogP contribution is -2.53. The van der Waals surface area contributed by atoms with Crippen LogP contribution in [0, 0.1) is 11.3 Å². The van der Waals surface area contributed by atoms with Crippen molar-refractivity contribution in [2.24, 2.45) is 11.3 Å². The maximum atomic E-state index is 3.88. The highest BCUT2D eigenvalue weighted by Gasteiger charge is 2.51. The highest BCUT2D eigenvalue weighted by Crippen LogP contribution is 2.57. The van der Waals surface area contributed by atoms with Gasteiger partial charge >= 0.3 is 0 Å². The molecule has 2 aliphatic rings. The lowest BCUT2D eigenvalue weighted by atomic mass is 9.49. The topological polar surface area (TPSA) is 24.1 Å². The SMILES string of the molecule is CC(C)c1ccc2c(c1)CC[C@H]1[C@](C)(CNCCNCC(c3ccccc3)c3ccccc3)CCC[C@]21C. The Labute approximate surface area is 231 Å². The summed E-state index contributed by atoms with van der Waals surface area (Å²) in [6.45, 7) is 13.9. The summed E-state index contributed by atoms with van der Waals surface area (Å²) in [7, 11) is 0. The molecule has 3 aromatic carbocycles. The predicted octanol–water partition coefficient (Wildman–Crippen LogP) is 7.83. The zero-order chi connectivity index (χ0) is 26.6. The van der Waals surface area contributed by atoms with Crippen LogP contribution in [0.25, 0.3) is 0 Å². The molecule has 2 N–H and O–H groups in total. The quantitative estimate of drug-likeness (QED) is 0.273. The van der Waals surface area contributed by atoms with Crippen LogP contribution in [0.4, 0.5) is 0 Å². The normalized spacial score (nSPS) is 24.8. The molecule has 0 radical (unpaired) electrons. The number of hydrogen-bond donors (Lipinski definition) is 2. The molecule has 2 nitrogen and oxygen atoms in total. The lowest BCUT2D eigenvalue weighted by molar-refractivity contribution is 0.0261. The van der Waals surface area contributed by atoms with E-state index in [0.717, 1.165) is 32.1 Å². The fraction of sp³-hybridized carbons (Fsp3) is 0.500. The maximum Gasteiger partial charge on any atom is 0.0214 e. The Kier molecular flexibility index (Phi) is 8.41. The summed E-state index contributed by atoms with van der Waals surface area (Å²) in [4.78, 5) is 0. The summed E-state index contributed by atoms with van der Waals surface area (Å²) >= 11 is 0. The molecule has 0 amide bonds. The van der Waals surface area contributed by atoms with Crippen molar-refractivity contribution in [2.75, 3.05) is 26.2 Å². The largest absolute Gasteiger partial charge is 0.315 e. The molecule has 3 atom stereocenters. The molecule has 0 aromatic heterocycles. The van der Waals surface area contributed by atoms with E-state index in [-0.39, 0.29) is 0 Å². The van der Waals surface area contributed by atoms with E-state index in [4.69, 9.17) is 0 Å². The van der Waals surface area contributed by atoms with Crippen LogP contribution < -0.4 is 10.6 Å². The Morgan fingerprint density at radius 3 is 2.11 bits per heavy atom. The van der Waals surface area contributed by atoms with Gasteiger partial charge in [0, 0.05) is 32.1 Å². The van der Waals surface area contributed by atoms with E-state index >= 15 is 0 Å². The molecule has 0 bridgehead atoms. The first kappa shape index (κ1) is 27.2. The monoisotopic (exact) mass is 508 g/mol. The zero-order valence-corrected chi connectivity index (χ0v) is 24.1. The summed E-state index contributed by atoms with van der Waals surface area (Å²) in [5.74, 6) is 1.74. The molecular weight excluding hydrogens is 460 g/mol. The van der Waals surface area contributed by atoms with Crippen LogP contribution in [-0.4, -0.2) is 26.2 Å². The average Bonchev–Trinajstić information content (AvgIpc) is 2.93. The van der Waals surface area contributed by atoms with Crippen LogP contribution in [0.2, 0.25) is 0 Å². The van der Waals surface area contributed by atoms with E-state index in [2.05, 4.69) is 117 Å². The summed E-state index contributed by atoms with van der Waals surface area (Å²) in [6, 6.07) is 29.3. The van der Waals surface area contributed by atoms with Crippen LogP contribution in [0.15, 0.2) is 78.9 Å². The van der Waals surface area contributed by atoms with Crippen molar-refractivity contribution in [1.82, 2.24) is 10.6 Å². The van der Waals surface area contributed by atoms with Gasteiger partial charge in [-0.25, -0.2) is 0 Å². The Hall–Kier alpha value is -2.42. The second-order valence-electron chi connectivity index (χ2n) is 12.8. The van der Waals surface area contributed by atoms with Crippen molar-refractivity contribution < 1.29 is 0 Å². The molecule has 0 saturated heterocycles. The summed E-state index contributed by atoms with van der Waals surface area (Å²) in [6.07, 6.45) is 6.59. The van der Waals surface area contributed by atoms with Crippen LogP contribution in [0.3, 0.4) is 0 Å². The van der Waals surface area contributed by atoms with Crippen molar-refractivity contribution in [3.8, 4) is 0 Å². The number of fused-ring (bicyclic) bond motifs is 3. The molecule has 0 aliphatic heterocycles. The van der Waals surface area contributed by atoms with Gasteiger partial charge in [0.15, 0.2) is 0 Å². The minimum atomic E-state index is 0.314.